The summed E-state index contributed by atoms with van der Waals surface area (Å²) >= 11 is 0. The fraction of sp³-hybridized carbons (Fsp3) is 0.917. The molecule has 18 heavy (non-hydrogen) atoms. The summed E-state index contributed by atoms with van der Waals surface area (Å²) in [6.45, 7) is 7.61. The Balaban J connectivity index is 4.38. The van der Waals surface area contributed by atoms with Crippen LogP contribution in [-0.4, -0.2) is 31.8 Å². The van der Waals surface area contributed by atoms with Gasteiger partial charge in [-0.3, -0.25) is 4.79 Å². The second kappa shape index (κ2) is 7.74. The van der Waals surface area contributed by atoms with Crippen LogP contribution in [0.3, 0.4) is 0 Å². The number of carboxylic acid groups (broad SMARTS) is 1. The number of carboxylic acids is 1. The van der Waals surface area contributed by atoms with E-state index in [9.17, 15) is 13.2 Å². The number of sulfonamides is 1. The van der Waals surface area contributed by atoms with Crippen molar-refractivity contribution >= 4 is 16.0 Å². The van der Waals surface area contributed by atoms with E-state index in [1.54, 1.807) is 0 Å². The van der Waals surface area contributed by atoms with Gasteiger partial charge in [-0.05, 0) is 18.3 Å². The lowest BCUT2D eigenvalue weighted by Crippen LogP contribution is -2.36. The van der Waals surface area contributed by atoms with Crippen molar-refractivity contribution in [2.24, 2.45) is 17.8 Å². The van der Waals surface area contributed by atoms with Crippen molar-refractivity contribution in [1.82, 2.24) is 4.72 Å². The van der Waals surface area contributed by atoms with Crippen LogP contribution in [0.5, 0.6) is 0 Å². The molecule has 108 valence electrons. The van der Waals surface area contributed by atoms with E-state index in [1.807, 2.05) is 27.7 Å². The molecule has 5 nitrogen and oxygen atoms in total. The van der Waals surface area contributed by atoms with E-state index in [0.717, 1.165) is 6.42 Å². The third-order valence-electron chi connectivity index (χ3n) is 2.86. The molecule has 0 aliphatic rings. The minimum absolute atomic E-state index is 0.0215. The van der Waals surface area contributed by atoms with Crippen molar-refractivity contribution in [2.45, 2.75) is 40.5 Å². The maximum atomic E-state index is 11.7. The van der Waals surface area contributed by atoms with Gasteiger partial charge in [-0.2, -0.15) is 0 Å². The number of hydrogen-bond acceptors (Lipinski definition) is 3. The van der Waals surface area contributed by atoms with Crippen LogP contribution in [0.15, 0.2) is 0 Å². The Kier molecular flexibility index (Phi) is 7.47. The standard InChI is InChI=1S/C12H25NO4S/c1-5-10(4)8-18(16,17)13-7-11(12(14)15)6-9(2)3/h9-11,13H,5-8H2,1-4H3,(H,14,15). The first-order valence-corrected chi connectivity index (χ1v) is 8.03. The van der Waals surface area contributed by atoms with Gasteiger partial charge in [0.15, 0.2) is 0 Å². The maximum absolute atomic E-state index is 11.7. The Labute approximate surface area is 110 Å². The van der Waals surface area contributed by atoms with E-state index in [2.05, 4.69) is 4.72 Å². The SMILES string of the molecule is CCC(C)CS(=O)(=O)NCC(CC(C)C)C(=O)O. The molecule has 0 fully saturated rings. The largest absolute Gasteiger partial charge is 0.481 e. The third-order valence-corrected chi connectivity index (χ3v) is 4.47. The van der Waals surface area contributed by atoms with Gasteiger partial charge in [0, 0.05) is 6.54 Å². The number of carbonyl (C=O) groups is 1. The monoisotopic (exact) mass is 279 g/mol. The zero-order valence-electron chi connectivity index (χ0n) is 11.6. The average Bonchev–Trinajstić information content (AvgIpc) is 2.22. The first-order valence-electron chi connectivity index (χ1n) is 6.38. The molecule has 0 aromatic rings. The van der Waals surface area contributed by atoms with E-state index >= 15 is 0 Å². The Morgan fingerprint density at radius 3 is 2.22 bits per heavy atom. The van der Waals surface area contributed by atoms with Gasteiger partial charge < -0.3 is 5.11 Å². The molecule has 0 aromatic heterocycles. The second-order valence-electron chi connectivity index (χ2n) is 5.31. The predicted molar refractivity (Wildman–Crippen MR) is 71.8 cm³/mol. The summed E-state index contributed by atoms with van der Waals surface area (Å²) in [5, 5.41) is 9.01. The lowest BCUT2D eigenvalue weighted by atomic mass is 9.98. The van der Waals surface area contributed by atoms with E-state index in [4.69, 9.17) is 5.11 Å². The Hall–Kier alpha value is -0.620. The van der Waals surface area contributed by atoms with Crippen molar-refractivity contribution < 1.29 is 18.3 Å². The van der Waals surface area contributed by atoms with E-state index in [-0.39, 0.29) is 24.1 Å². The fourth-order valence-corrected chi connectivity index (χ4v) is 3.18. The molecule has 0 saturated carbocycles. The Morgan fingerprint density at radius 2 is 1.83 bits per heavy atom. The highest BCUT2D eigenvalue weighted by atomic mass is 32.2. The molecule has 0 aromatic carbocycles. The summed E-state index contributed by atoms with van der Waals surface area (Å²) in [5.74, 6) is -1.25. The summed E-state index contributed by atoms with van der Waals surface area (Å²) in [6.07, 6.45) is 1.26. The van der Waals surface area contributed by atoms with Crippen LogP contribution in [0.4, 0.5) is 0 Å². The normalized spacial score (nSPS) is 15.6. The molecule has 0 aliphatic heterocycles. The molecule has 2 N–H and O–H groups in total. The summed E-state index contributed by atoms with van der Waals surface area (Å²) in [5.41, 5.74) is 0. The molecule has 0 amide bonds. The van der Waals surface area contributed by atoms with Crippen molar-refractivity contribution in [2.75, 3.05) is 12.3 Å². The van der Waals surface area contributed by atoms with Crippen LogP contribution < -0.4 is 4.72 Å². The van der Waals surface area contributed by atoms with Gasteiger partial charge in [0.1, 0.15) is 0 Å². The minimum Gasteiger partial charge on any atom is -0.481 e. The van der Waals surface area contributed by atoms with Gasteiger partial charge in [-0.15, -0.1) is 0 Å². The summed E-state index contributed by atoms with van der Waals surface area (Å²) in [6, 6.07) is 0. The van der Waals surface area contributed by atoms with E-state index in [1.165, 1.54) is 0 Å². The highest BCUT2D eigenvalue weighted by Gasteiger charge is 2.22. The van der Waals surface area contributed by atoms with Gasteiger partial charge >= 0.3 is 5.97 Å². The van der Waals surface area contributed by atoms with Crippen LogP contribution >= 0.6 is 0 Å². The minimum atomic E-state index is -3.37. The maximum Gasteiger partial charge on any atom is 0.307 e. The van der Waals surface area contributed by atoms with E-state index in [0.29, 0.717) is 6.42 Å². The average molecular weight is 279 g/mol. The third kappa shape index (κ3) is 7.66. The number of nitrogens with one attached hydrogen (secondary N) is 1. The molecular weight excluding hydrogens is 254 g/mol. The second-order valence-corrected chi connectivity index (χ2v) is 7.16. The predicted octanol–water partition coefficient (Wildman–Crippen LogP) is 1.70. The number of rotatable bonds is 9. The quantitative estimate of drug-likeness (QED) is 0.673. The van der Waals surface area contributed by atoms with Crippen LogP contribution in [0, 0.1) is 17.8 Å². The van der Waals surface area contributed by atoms with Crippen molar-refractivity contribution in [3.05, 3.63) is 0 Å². The zero-order chi connectivity index (χ0) is 14.3. The molecule has 2 atom stereocenters. The molecule has 6 heteroatoms. The summed E-state index contributed by atoms with van der Waals surface area (Å²) < 4.78 is 25.8. The number of hydrogen-bond donors (Lipinski definition) is 2. The van der Waals surface area contributed by atoms with Gasteiger partial charge in [0.25, 0.3) is 0 Å². The lowest BCUT2D eigenvalue weighted by Gasteiger charge is -2.16. The van der Waals surface area contributed by atoms with Gasteiger partial charge in [0.05, 0.1) is 11.7 Å². The van der Waals surface area contributed by atoms with Gasteiger partial charge in [-0.1, -0.05) is 34.1 Å². The summed E-state index contributed by atoms with van der Waals surface area (Å²) in [7, 11) is -3.37. The van der Waals surface area contributed by atoms with Crippen molar-refractivity contribution in [1.29, 1.82) is 0 Å². The highest BCUT2D eigenvalue weighted by molar-refractivity contribution is 7.89. The van der Waals surface area contributed by atoms with Crippen LogP contribution in [0.2, 0.25) is 0 Å². The van der Waals surface area contributed by atoms with Crippen LogP contribution in [0.25, 0.3) is 0 Å². The van der Waals surface area contributed by atoms with Gasteiger partial charge in [-0.25, -0.2) is 13.1 Å². The first-order chi connectivity index (χ1) is 8.18. The van der Waals surface area contributed by atoms with Crippen LogP contribution in [0.1, 0.15) is 40.5 Å². The first kappa shape index (κ1) is 17.4. The molecular formula is C12H25NO4S. The Bertz CT molecular complexity index is 351. The van der Waals surface area contributed by atoms with Crippen molar-refractivity contribution in [3.63, 3.8) is 0 Å². The lowest BCUT2D eigenvalue weighted by molar-refractivity contribution is -0.142. The highest BCUT2D eigenvalue weighted by Crippen LogP contribution is 2.12. The van der Waals surface area contributed by atoms with Crippen LogP contribution in [-0.2, 0) is 14.8 Å². The topological polar surface area (TPSA) is 83.5 Å². The van der Waals surface area contributed by atoms with E-state index < -0.39 is 21.9 Å². The zero-order valence-corrected chi connectivity index (χ0v) is 12.5. The smallest absolute Gasteiger partial charge is 0.307 e. The van der Waals surface area contributed by atoms with Gasteiger partial charge in [0.2, 0.25) is 10.0 Å². The molecule has 0 rings (SSSR count). The molecule has 0 saturated heterocycles. The molecule has 0 radical (unpaired) electrons. The molecule has 0 spiro atoms. The summed E-state index contributed by atoms with van der Waals surface area (Å²) in [4.78, 5) is 11.0. The molecule has 0 bridgehead atoms. The molecule has 0 aliphatic carbocycles. The Morgan fingerprint density at radius 1 is 1.28 bits per heavy atom. The molecule has 0 heterocycles. The molecule has 2 unspecified atom stereocenters. The number of aliphatic carboxylic acids is 1. The van der Waals surface area contributed by atoms with Crippen molar-refractivity contribution in [3.8, 4) is 0 Å². The fourth-order valence-electron chi connectivity index (χ4n) is 1.62.